The zero-order valence-corrected chi connectivity index (χ0v) is 17.1. The molecule has 0 aromatic heterocycles. The van der Waals surface area contributed by atoms with E-state index >= 15 is 0 Å². The Balaban J connectivity index is 1.90. The van der Waals surface area contributed by atoms with E-state index in [1.54, 1.807) is 55.6 Å². The van der Waals surface area contributed by atoms with Gasteiger partial charge in [0.25, 0.3) is 0 Å². The van der Waals surface area contributed by atoms with Crippen molar-refractivity contribution in [3.05, 3.63) is 84.5 Å². The van der Waals surface area contributed by atoms with Gasteiger partial charge in [0, 0.05) is 18.3 Å². The number of rotatable bonds is 10. The van der Waals surface area contributed by atoms with Gasteiger partial charge in [0.15, 0.2) is 0 Å². The van der Waals surface area contributed by atoms with Crippen LogP contribution < -0.4 is 16.1 Å². The first-order valence-electron chi connectivity index (χ1n) is 9.44. The minimum absolute atomic E-state index is 0.121. The standard InChI is InChI=1S/C23H26N4O3/c1-5-22(25-16(3)19-11-13-21(14-12-19)26-17(4)28)27-24-15-18-7-9-20(10-8-18)23(29)30-6-2/h5,7-15,22,25,27H,1,3,6H2,2,4H3,(H,26,28)/b24-15+. The summed E-state index contributed by atoms with van der Waals surface area (Å²) in [5.41, 5.74) is 6.53. The molecule has 0 fully saturated rings. The van der Waals surface area contributed by atoms with Gasteiger partial charge in [0.05, 0.1) is 18.4 Å². The summed E-state index contributed by atoms with van der Waals surface area (Å²) in [4.78, 5) is 22.8. The molecule has 0 heterocycles. The summed E-state index contributed by atoms with van der Waals surface area (Å²) >= 11 is 0. The number of nitrogens with zero attached hydrogens (tertiary/aromatic N) is 1. The zero-order chi connectivity index (χ0) is 21.9. The second-order valence-electron chi connectivity index (χ2n) is 6.32. The van der Waals surface area contributed by atoms with Crippen molar-refractivity contribution >= 4 is 29.5 Å². The molecule has 156 valence electrons. The van der Waals surface area contributed by atoms with Crippen LogP contribution in [0.3, 0.4) is 0 Å². The highest BCUT2D eigenvalue weighted by atomic mass is 16.5. The van der Waals surface area contributed by atoms with Gasteiger partial charge < -0.3 is 15.4 Å². The normalized spacial score (nSPS) is 11.4. The Labute approximate surface area is 176 Å². The summed E-state index contributed by atoms with van der Waals surface area (Å²) in [5.74, 6) is -0.470. The quantitative estimate of drug-likeness (QED) is 0.185. The van der Waals surface area contributed by atoms with Crippen LogP contribution in [0.1, 0.15) is 35.3 Å². The lowest BCUT2D eigenvalue weighted by molar-refractivity contribution is -0.114. The minimum atomic E-state index is -0.348. The van der Waals surface area contributed by atoms with Crippen LogP contribution >= 0.6 is 0 Å². The van der Waals surface area contributed by atoms with Crippen LogP contribution in [0.4, 0.5) is 5.69 Å². The summed E-state index contributed by atoms with van der Waals surface area (Å²) in [5, 5.41) is 10.1. The van der Waals surface area contributed by atoms with E-state index in [0.717, 1.165) is 16.8 Å². The number of carbonyl (C=O) groups excluding carboxylic acids is 2. The molecule has 0 spiro atoms. The van der Waals surface area contributed by atoms with E-state index < -0.39 is 0 Å². The first-order chi connectivity index (χ1) is 14.4. The fourth-order valence-electron chi connectivity index (χ4n) is 2.48. The van der Waals surface area contributed by atoms with Gasteiger partial charge in [-0.15, -0.1) is 0 Å². The monoisotopic (exact) mass is 406 g/mol. The number of hydrogen-bond acceptors (Lipinski definition) is 6. The molecule has 1 unspecified atom stereocenters. The lowest BCUT2D eigenvalue weighted by Gasteiger charge is -2.18. The molecule has 2 aromatic carbocycles. The molecule has 0 aliphatic heterocycles. The molecule has 2 aromatic rings. The van der Waals surface area contributed by atoms with E-state index in [9.17, 15) is 9.59 Å². The number of hydrogen-bond donors (Lipinski definition) is 3. The maximum absolute atomic E-state index is 11.7. The Morgan fingerprint density at radius 1 is 1.10 bits per heavy atom. The number of anilines is 1. The zero-order valence-electron chi connectivity index (χ0n) is 17.1. The average molecular weight is 406 g/mol. The molecule has 0 aliphatic carbocycles. The van der Waals surface area contributed by atoms with Crippen molar-refractivity contribution in [3.8, 4) is 0 Å². The minimum Gasteiger partial charge on any atom is -0.462 e. The Bertz CT molecular complexity index is 918. The molecule has 7 nitrogen and oxygen atoms in total. The van der Waals surface area contributed by atoms with Gasteiger partial charge in [-0.05, 0) is 48.4 Å². The highest BCUT2D eigenvalue weighted by molar-refractivity contribution is 5.90. The molecule has 7 heteroatoms. The summed E-state index contributed by atoms with van der Waals surface area (Å²) in [6, 6.07) is 14.3. The third-order valence-corrected chi connectivity index (χ3v) is 3.97. The average Bonchev–Trinajstić information content (AvgIpc) is 2.73. The van der Waals surface area contributed by atoms with E-state index in [-0.39, 0.29) is 18.0 Å². The van der Waals surface area contributed by atoms with Crippen molar-refractivity contribution in [1.29, 1.82) is 0 Å². The number of carbonyl (C=O) groups is 2. The Morgan fingerprint density at radius 2 is 1.73 bits per heavy atom. The maximum Gasteiger partial charge on any atom is 0.338 e. The van der Waals surface area contributed by atoms with E-state index in [2.05, 4.69) is 34.3 Å². The van der Waals surface area contributed by atoms with Crippen molar-refractivity contribution < 1.29 is 14.3 Å². The summed E-state index contributed by atoms with van der Waals surface area (Å²) in [6.07, 6.45) is 2.96. The fourth-order valence-corrected chi connectivity index (χ4v) is 2.48. The molecule has 0 bridgehead atoms. The molecule has 1 amide bonds. The van der Waals surface area contributed by atoms with Crippen LogP contribution in [0.2, 0.25) is 0 Å². The molecule has 0 radical (unpaired) electrons. The highest BCUT2D eigenvalue weighted by Gasteiger charge is 2.06. The summed E-state index contributed by atoms with van der Waals surface area (Å²) < 4.78 is 4.96. The fraction of sp³-hybridized carbons (Fsp3) is 0.174. The number of ether oxygens (including phenoxy) is 1. The van der Waals surface area contributed by atoms with E-state index in [4.69, 9.17) is 4.74 Å². The second-order valence-corrected chi connectivity index (χ2v) is 6.32. The number of hydrazone groups is 1. The Morgan fingerprint density at radius 3 is 2.30 bits per heavy atom. The predicted molar refractivity (Wildman–Crippen MR) is 120 cm³/mol. The summed E-state index contributed by atoms with van der Waals surface area (Å²) in [7, 11) is 0. The number of amides is 1. The highest BCUT2D eigenvalue weighted by Crippen LogP contribution is 2.14. The molecule has 0 aliphatic rings. The molecule has 3 N–H and O–H groups in total. The third kappa shape index (κ3) is 6.94. The molecule has 2 rings (SSSR count). The third-order valence-electron chi connectivity index (χ3n) is 3.97. The van der Waals surface area contributed by atoms with Crippen LogP contribution in [0.25, 0.3) is 5.70 Å². The van der Waals surface area contributed by atoms with Crippen LogP contribution in [-0.4, -0.2) is 30.9 Å². The van der Waals surface area contributed by atoms with Crippen LogP contribution in [0.5, 0.6) is 0 Å². The van der Waals surface area contributed by atoms with Gasteiger partial charge in [-0.3, -0.25) is 10.2 Å². The van der Waals surface area contributed by atoms with Crippen LogP contribution in [-0.2, 0) is 9.53 Å². The SMILES string of the molecule is C=CC(N/N=C/c1ccc(C(=O)OCC)cc1)NC(=C)c1ccc(NC(C)=O)cc1. The maximum atomic E-state index is 11.7. The molecule has 30 heavy (non-hydrogen) atoms. The van der Waals surface area contributed by atoms with Crippen molar-refractivity contribution in [3.63, 3.8) is 0 Å². The van der Waals surface area contributed by atoms with Crippen LogP contribution in [0, 0.1) is 0 Å². The van der Waals surface area contributed by atoms with Crippen molar-refractivity contribution in [2.24, 2.45) is 5.10 Å². The molecule has 0 saturated heterocycles. The van der Waals surface area contributed by atoms with Crippen molar-refractivity contribution in [2.45, 2.75) is 20.0 Å². The first kappa shape index (κ1) is 22.4. The Kier molecular flexibility index (Phi) is 8.38. The van der Waals surface area contributed by atoms with E-state index in [0.29, 0.717) is 17.9 Å². The molecular weight excluding hydrogens is 380 g/mol. The number of nitrogens with one attached hydrogen (secondary N) is 3. The van der Waals surface area contributed by atoms with Gasteiger partial charge in [0.2, 0.25) is 5.91 Å². The van der Waals surface area contributed by atoms with Gasteiger partial charge >= 0.3 is 5.97 Å². The largest absolute Gasteiger partial charge is 0.462 e. The predicted octanol–water partition coefficient (Wildman–Crippen LogP) is 3.52. The summed E-state index contributed by atoms with van der Waals surface area (Å²) in [6.45, 7) is 11.4. The second kappa shape index (κ2) is 11.2. The van der Waals surface area contributed by atoms with Gasteiger partial charge in [-0.2, -0.15) is 5.10 Å². The van der Waals surface area contributed by atoms with Gasteiger partial charge in [-0.1, -0.05) is 37.4 Å². The van der Waals surface area contributed by atoms with Crippen LogP contribution in [0.15, 0.2) is 72.9 Å². The topological polar surface area (TPSA) is 91.8 Å². The molecule has 0 saturated carbocycles. The van der Waals surface area contributed by atoms with E-state index in [1.807, 2.05) is 12.1 Å². The Hall–Kier alpha value is -3.87. The van der Waals surface area contributed by atoms with Crippen molar-refractivity contribution in [2.75, 3.05) is 11.9 Å². The molecular formula is C23H26N4O3. The van der Waals surface area contributed by atoms with Gasteiger partial charge in [-0.25, -0.2) is 4.79 Å². The van der Waals surface area contributed by atoms with E-state index in [1.165, 1.54) is 6.92 Å². The van der Waals surface area contributed by atoms with Crippen molar-refractivity contribution in [1.82, 2.24) is 10.7 Å². The lowest BCUT2D eigenvalue weighted by Crippen LogP contribution is -2.36. The number of benzene rings is 2. The number of esters is 1. The van der Waals surface area contributed by atoms with Gasteiger partial charge in [0.1, 0.15) is 6.17 Å². The first-order valence-corrected chi connectivity index (χ1v) is 9.44. The lowest BCUT2D eigenvalue weighted by atomic mass is 10.1. The smallest absolute Gasteiger partial charge is 0.338 e. The molecule has 1 atom stereocenters.